The number of alkyl halides is 2. The number of carbonyl (C=O) groups is 1. The van der Waals surface area contributed by atoms with Crippen molar-refractivity contribution in [1.82, 2.24) is 5.32 Å². The van der Waals surface area contributed by atoms with Crippen LogP contribution in [0.25, 0.3) is 0 Å². The summed E-state index contributed by atoms with van der Waals surface area (Å²) in [5.74, 6) is -0.531. The van der Waals surface area contributed by atoms with E-state index in [1.165, 1.54) is 30.3 Å². The summed E-state index contributed by atoms with van der Waals surface area (Å²) >= 11 is 10.7. The first-order valence-corrected chi connectivity index (χ1v) is 7.16. The van der Waals surface area contributed by atoms with Gasteiger partial charge in [-0.25, -0.2) is 0 Å². The number of amides is 1. The topological polar surface area (TPSA) is 50.4 Å². The molecule has 0 fully saturated rings. The van der Waals surface area contributed by atoms with Gasteiger partial charge in [0, 0.05) is 10.6 Å². The molecule has 0 saturated heterocycles. The zero-order chi connectivity index (χ0) is 16.8. The van der Waals surface area contributed by atoms with E-state index in [2.05, 4.69) is 15.4 Å². The summed E-state index contributed by atoms with van der Waals surface area (Å²) in [4.78, 5) is 12.0. The molecule has 2 N–H and O–H groups in total. The highest BCUT2D eigenvalue weighted by Crippen LogP contribution is 2.25. The second-order valence-corrected chi connectivity index (χ2v) is 5.13. The molecule has 0 aliphatic carbocycles. The van der Waals surface area contributed by atoms with Crippen LogP contribution in [0.5, 0.6) is 5.75 Å². The van der Waals surface area contributed by atoms with Crippen molar-refractivity contribution in [1.29, 1.82) is 0 Å². The Bertz CT molecular complexity index is 711. The summed E-state index contributed by atoms with van der Waals surface area (Å²) < 4.78 is 29.0. The molecule has 23 heavy (non-hydrogen) atoms. The second-order valence-electron chi connectivity index (χ2n) is 4.29. The molecule has 0 saturated carbocycles. The van der Waals surface area contributed by atoms with E-state index < -0.39 is 12.5 Å². The van der Waals surface area contributed by atoms with Crippen molar-refractivity contribution in [3.63, 3.8) is 0 Å². The third-order valence-electron chi connectivity index (χ3n) is 2.68. The Hall–Kier alpha value is -2.25. The predicted molar refractivity (Wildman–Crippen MR) is 88.2 cm³/mol. The lowest BCUT2D eigenvalue weighted by molar-refractivity contribution is -0.0493. The van der Waals surface area contributed by atoms with Gasteiger partial charge in [0.05, 0.1) is 5.69 Å². The number of benzene rings is 2. The number of hydrogen-bond acceptors (Lipinski definition) is 3. The molecule has 0 bridgehead atoms. The molecule has 0 spiro atoms. The van der Waals surface area contributed by atoms with E-state index in [0.29, 0.717) is 10.6 Å². The quantitative estimate of drug-likeness (QED) is 0.811. The molecule has 0 aliphatic rings. The van der Waals surface area contributed by atoms with Crippen molar-refractivity contribution >= 4 is 40.5 Å². The molecular formula is C15H11ClF2N2O2S. The maximum atomic E-state index is 12.3. The summed E-state index contributed by atoms with van der Waals surface area (Å²) in [7, 11) is 0. The third-order valence-corrected chi connectivity index (χ3v) is 3.14. The predicted octanol–water partition coefficient (Wildman–Crippen LogP) is 4.07. The van der Waals surface area contributed by atoms with Gasteiger partial charge in [0.25, 0.3) is 5.91 Å². The number of hydrogen-bond donors (Lipinski definition) is 2. The first-order chi connectivity index (χ1) is 11.0. The second kappa shape index (κ2) is 7.85. The molecule has 1 amide bonds. The SMILES string of the molecule is O=C(NC(=S)Nc1ccccc1OC(F)F)c1ccc(Cl)cc1. The number of halogens is 3. The van der Waals surface area contributed by atoms with Gasteiger partial charge in [0.15, 0.2) is 5.11 Å². The fraction of sp³-hybridized carbons (Fsp3) is 0.0667. The maximum Gasteiger partial charge on any atom is 0.387 e. The van der Waals surface area contributed by atoms with Crippen LogP contribution >= 0.6 is 23.8 Å². The standard InChI is InChI=1S/C15H11ClF2N2O2S/c16-10-7-5-9(6-8-10)13(21)20-15(23)19-11-3-1-2-4-12(11)22-14(17)18/h1-8,14H,(H2,19,20,21,23). The van der Waals surface area contributed by atoms with Crippen LogP contribution in [0.2, 0.25) is 5.02 Å². The average molecular weight is 357 g/mol. The van der Waals surface area contributed by atoms with Gasteiger partial charge in [0.2, 0.25) is 0 Å². The molecule has 8 heteroatoms. The van der Waals surface area contributed by atoms with Crippen LogP contribution in [0.4, 0.5) is 14.5 Å². The molecule has 0 heterocycles. The normalized spacial score (nSPS) is 10.3. The molecule has 2 rings (SSSR count). The van der Waals surface area contributed by atoms with Crippen molar-refractivity contribution in [2.24, 2.45) is 0 Å². The van der Waals surface area contributed by atoms with E-state index in [1.807, 2.05) is 0 Å². The summed E-state index contributed by atoms with van der Waals surface area (Å²) in [5.41, 5.74) is 0.574. The largest absolute Gasteiger partial charge is 0.433 e. The van der Waals surface area contributed by atoms with Crippen molar-refractivity contribution in [3.8, 4) is 5.75 Å². The Morgan fingerprint density at radius 3 is 2.43 bits per heavy atom. The van der Waals surface area contributed by atoms with Gasteiger partial charge in [-0.1, -0.05) is 23.7 Å². The number of rotatable bonds is 4. The zero-order valence-electron chi connectivity index (χ0n) is 11.6. The van der Waals surface area contributed by atoms with Crippen molar-refractivity contribution in [3.05, 3.63) is 59.1 Å². The van der Waals surface area contributed by atoms with Gasteiger partial charge in [-0.05, 0) is 48.6 Å². The lowest BCUT2D eigenvalue weighted by Crippen LogP contribution is -2.34. The highest BCUT2D eigenvalue weighted by Gasteiger charge is 2.12. The molecule has 0 atom stereocenters. The number of carbonyl (C=O) groups excluding carboxylic acids is 1. The first-order valence-electron chi connectivity index (χ1n) is 6.37. The van der Waals surface area contributed by atoms with Crippen LogP contribution in [-0.2, 0) is 0 Å². The van der Waals surface area contributed by atoms with E-state index in [4.69, 9.17) is 23.8 Å². The Balaban J connectivity index is 2.02. The summed E-state index contributed by atoms with van der Waals surface area (Å²) in [6, 6.07) is 12.2. The molecule has 0 aromatic heterocycles. The van der Waals surface area contributed by atoms with Crippen LogP contribution in [0.1, 0.15) is 10.4 Å². The Morgan fingerprint density at radius 2 is 1.78 bits per heavy atom. The number of nitrogens with one attached hydrogen (secondary N) is 2. The van der Waals surface area contributed by atoms with Crippen LogP contribution in [0.3, 0.4) is 0 Å². The molecule has 0 radical (unpaired) electrons. The fourth-order valence-corrected chi connectivity index (χ4v) is 2.03. The number of thiocarbonyl (C=S) groups is 1. The van der Waals surface area contributed by atoms with Crippen LogP contribution in [0.15, 0.2) is 48.5 Å². The average Bonchev–Trinajstić information content (AvgIpc) is 2.49. The summed E-state index contributed by atoms with van der Waals surface area (Å²) in [6.45, 7) is -2.96. The molecule has 4 nitrogen and oxygen atoms in total. The highest BCUT2D eigenvalue weighted by atomic mass is 35.5. The number of para-hydroxylation sites is 2. The van der Waals surface area contributed by atoms with E-state index in [9.17, 15) is 13.6 Å². The molecule has 0 aliphatic heterocycles. The van der Waals surface area contributed by atoms with Gasteiger partial charge < -0.3 is 10.1 Å². The zero-order valence-corrected chi connectivity index (χ0v) is 13.1. The number of ether oxygens (including phenoxy) is 1. The van der Waals surface area contributed by atoms with E-state index in [-0.39, 0.29) is 16.5 Å². The van der Waals surface area contributed by atoms with Gasteiger partial charge in [0.1, 0.15) is 5.75 Å². The highest BCUT2D eigenvalue weighted by molar-refractivity contribution is 7.80. The lowest BCUT2D eigenvalue weighted by Gasteiger charge is -2.13. The van der Waals surface area contributed by atoms with Gasteiger partial charge in [-0.3, -0.25) is 10.1 Å². The van der Waals surface area contributed by atoms with Gasteiger partial charge >= 0.3 is 6.61 Å². The molecule has 2 aromatic carbocycles. The molecule has 2 aromatic rings. The van der Waals surface area contributed by atoms with Gasteiger partial charge in [-0.2, -0.15) is 8.78 Å². The van der Waals surface area contributed by atoms with E-state index in [0.717, 1.165) is 0 Å². The maximum absolute atomic E-state index is 12.3. The summed E-state index contributed by atoms with van der Waals surface area (Å²) in [5, 5.41) is 5.54. The van der Waals surface area contributed by atoms with Crippen molar-refractivity contribution < 1.29 is 18.3 Å². The number of anilines is 1. The minimum atomic E-state index is -2.96. The van der Waals surface area contributed by atoms with Crippen molar-refractivity contribution in [2.75, 3.05) is 5.32 Å². The van der Waals surface area contributed by atoms with Crippen LogP contribution in [-0.4, -0.2) is 17.6 Å². The van der Waals surface area contributed by atoms with E-state index >= 15 is 0 Å². The third kappa shape index (κ3) is 5.15. The smallest absolute Gasteiger partial charge is 0.387 e. The molecular weight excluding hydrogens is 346 g/mol. The van der Waals surface area contributed by atoms with E-state index in [1.54, 1.807) is 18.2 Å². The lowest BCUT2D eigenvalue weighted by atomic mass is 10.2. The van der Waals surface area contributed by atoms with Gasteiger partial charge in [-0.15, -0.1) is 0 Å². The Labute approximate surface area is 141 Å². The molecule has 120 valence electrons. The Kier molecular flexibility index (Phi) is 5.84. The monoisotopic (exact) mass is 356 g/mol. The Morgan fingerprint density at radius 1 is 1.13 bits per heavy atom. The van der Waals surface area contributed by atoms with Crippen LogP contribution in [0, 0.1) is 0 Å². The van der Waals surface area contributed by atoms with Crippen molar-refractivity contribution in [2.45, 2.75) is 6.61 Å². The summed E-state index contributed by atoms with van der Waals surface area (Å²) in [6.07, 6.45) is 0. The minimum absolute atomic E-state index is 0.0460. The fourth-order valence-electron chi connectivity index (χ4n) is 1.70. The minimum Gasteiger partial charge on any atom is -0.433 e. The first kappa shape index (κ1) is 17.1. The molecule has 0 unspecified atom stereocenters. The van der Waals surface area contributed by atoms with Crippen LogP contribution < -0.4 is 15.4 Å².